The molecule has 0 aliphatic rings. The van der Waals surface area contributed by atoms with Gasteiger partial charge in [0.2, 0.25) is 0 Å². The number of aromatic nitrogens is 1. The summed E-state index contributed by atoms with van der Waals surface area (Å²) < 4.78 is 0. The van der Waals surface area contributed by atoms with Crippen molar-refractivity contribution in [3.05, 3.63) is 58.9 Å². The molecule has 0 saturated heterocycles. The smallest absolute Gasteiger partial charge is 0.0602 e. The highest BCUT2D eigenvalue weighted by molar-refractivity contribution is 9.08. The third-order valence-electron chi connectivity index (χ3n) is 3.03. The second-order valence-corrected chi connectivity index (χ2v) is 5.17. The van der Waals surface area contributed by atoms with Crippen LogP contribution in [0, 0.1) is 0 Å². The van der Waals surface area contributed by atoms with E-state index >= 15 is 0 Å². The number of hydrogen-bond acceptors (Lipinski definition) is 2. The second kappa shape index (κ2) is 6.92. The molecule has 1 aromatic carbocycles. The molecule has 0 atom stereocenters. The minimum atomic E-state index is 0.751. The maximum atomic E-state index is 6.26. The molecular formula is C15H16BrClN2. The van der Waals surface area contributed by atoms with E-state index in [-0.39, 0.29) is 0 Å². The summed E-state index contributed by atoms with van der Waals surface area (Å²) in [6, 6.07) is 12.0. The maximum absolute atomic E-state index is 6.26. The fourth-order valence-corrected chi connectivity index (χ4v) is 3.02. The first-order chi connectivity index (χ1) is 9.26. The predicted molar refractivity (Wildman–Crippen MR) is 85.0 cm³/mol. The van der Waals surface area contributed by atoms with Crippen LogP contribution < -0.4 is 4.90 Å². The van der Waals surface area contributed by atoms with Crippen LogP contribution in [0.15, 0.2) is 42.6 Å². The topological polar surface area (TPSA) is 16.1 Å². The Morgan fingerprint density at radius 3 is 2.68 bits per heavy atom. The molecule has 0 saturated carbocycles. The number of anilines is 1. The normalized spacial score (nSPS) is 10.5. The van der Waals surface area contributed by atoms with Crippen LogP contribution in [0.5, 0.6) is 0 Å². The summed E-state index contributed by atoms with van der Waals surface area (Å²) >= 11 is 9.78. The van der Waals surface area contributed by atoms with Crippen molar-refractivity contribution in [1.82, 2.24) is 4.98 Å². The van der Waals surface area contributed by atoms with Crippen molar-refractivity contribution in [2.45, 2.75) is 18.8 Å². The number of rotatable bonds is 5. The van der Waals surface area contributed by atoms with Gasteiger partial charge in [-0.2, -0.15) is 0 Å². The van der Waals surface area contributed by atoms with Crippen molar-refractivity contribution in [3.63, 3.8) is 0 Å². The highest BCUT2D eigenvalue weighted by Crippen LogP contribution is 2.30. The van der Waals surface area contributed by atoms with Crippen LogP contribution in [0.25, 0.3) is 0 Å². The van der Waals surface area contributed by atoms with Gasteiger partial charge in [-0.1, -0.05) is 39.7 Å². The van der Waals surface area contributed by atoms with E-state index < -0.39 is 0 Å². The molecule has 0 aliphatic heterocycles. The quantitative estimate of drug-likeness (QED) is 0.737. The van der Waals surface area contributed by atoms with Crippen LogP contribution >= 0.6 is 27.5 Å². The highest BCUT2D eigenvalue weighted by Gasteiger charge is 2.12. The molecule has 19 heavy (non-hydrogen) atoms. The maximum Gasteiger partial charge on any atom is 0.0602 e. The molecule has 0 spiro atoms. The van der Waals surface area contributed by atoms with E-state index in [2.05, 4.69) is 38.8 Å². The summed E-state index contributed by atoms with van der Waals surface area (Å²) in [5.41, 5.74) is 3.35. The fourth-order valence-electron chi connectivity index (χ4n) is 2.03. The largest absolute Gasteiger partial charge is 0.366 e. The Labute approximate surface area is 127 Å². The van der Waals surface area contributed by atoms with Gasteiger partial charge >= 0.3 is 0 Å². The van der Waals surface area contributed by atoms with Crippen molar-refractivity contribution in [3.8, 4) is 0 Å². The molecule has 0 unspecified atom stereocenters. The number of pyridine rings is 1. The number of halogens is 2. The van der Waals surface area contributed by atoms with E-state index in [4.69, 9.17) is 11.6 Å². The number of nitrogens with zero attached hydrogens (tertiary/aromatic N) is 2. The first-order valence-corrected chi connectivity index (χ1v) is 7.74. The van der Waals surface area contributed by atoms with Gasteiger partial charge in [-0.25, -0.2) is 0 Å². The first kappa shape index (κ1) is 14.4. The van der Waals surface area contributed by atoms with Gasteiger partial charge < -0.3 is 4.90 Å². The van der Waals surface area contributed by atoms with E-state index in [0.717, 1.165) is 40.4 Å². The average Bonchev–Trinajstić information content (AvgIpc) is 2.45. The van der Waals surface area contributed by atoms with E-state index in [0.29, 0.717) is 0 Å². The Bertz CT molecular complexity index is 531. The lowest BCUT2D eigenvalue weighted by atomic mass is 10.1. The molecule has 0 radical (unpaired) electrons. The van der Waals surface area contributed by atoms with Crippen molar-refractivity contribution in [1.29, 1.82) is 0 Å². The summed E-state index contributed by atoms with van der Waals surface area (Å²) in [6.07, 6.45) is 1.83. The molecule has 4 heteroatoms. The van der Waals surface area contributed by atoms with E-state index in [1.807, 2.05) is 36.5 Å². The number of benzene rings is 1. The monoisotopic (exact) mass is 338 g/mol. The first-order valence-electron chi connectivity index (χ1n) is 6.24. The van der Waals surface area contributed by atoms with E-state index in [1.165, 1.54) is 0 Å². The summed E-state index contributed by atoms with van der Waals surface area (Å²) in [7, 11) is 0. The Morgan fingerprint density at radius 1 is 1.21 bits per heavy atom. The molecule has 2 aromatic rings. The fraction of sp³-hybridized carbons (Fsp3) is 0.267. The highest BCUT2D eigenvalue weighted by atomic mass is 79.9. The summed E-state index contributed by atoms with van der Waals surface area (Å²) in [6.45, 7) is 3.84. The lowest BCUT2D eigenvalue weighted by Crippen LogP contribution is -2.23. The molecule has 0 bridgehead atoms. The van der Waals surface area contributed by atoms with Gasteiger partial charge in [-0.15, -0.1) is 0 Å². The molecule has 0 amide bonds. The molecule has 0 aliphatic carbocycles. The van der Waals surface area contributed by atoms with E-state index in [1.54, 1.807) is 0 Å². The molecular weight excluding hydrogens is 324 g/mol. The summed E-state index contributed by atoms with van der Waals surface area (Å²) in [5.74, 6) is 0. The predicted octanol–water partition coefficient (Wildman–Crippen LogP) is 4.66. The lowest BCUT2D eigenvalue weighted by Gasteiger charge is -2.25. The van der Waals surface area contributed by atoms with Gasteiger partial charge in [0, 0.05) is 34.3 Å². The zero-order valence-electron chi connectivity index (χ0n) is 10.8. The zero-order chi connectivity index (χ0) is 13.7. The van der Waals surface area contributed by atoms with Crippen LogP contribution in [0.1, 0.15) is 18.2 Å². The van der Waals surface area contributed by atoms with Crippen molar-refractivity contribution in [2.75, 3.05) is 11.4 Å². The lowest BCUT2D eigenvalue weighted by molar-refractivity contribution is 0.806. The molecule has 2 nitrogen and oxygen atoms in total. The molecule has 1 aromatic heterocycles. The Balaban J connectivity index is 2.30. The van der Waals surface area contributed by atoms with Crippen LogP contribution in [-0.2, 0) is 11.9 Å². The van der Waals surface area contributed by atoms with Gasteiger partial charge in [-0.3, -0.25) is 4.98 Å². The third-order valence-corrected chi connectivity index (χ3v) is 3.94. The minimum absolute atomic E-state index is 0.751. The number of hydrogen-bond donors (Lipinski definition) is 0. The van der Waals surface area contributed by atoms with Gasteiger partial charge in [0.1, 0.15) is 0 Å². The minimum Gasteiger partial charge on any atom is -0.366 e. The zero-order valence-corrected chi connectivity index (χ0v) is 13.2. The van der Waals surface area contributed by atoms with Crippen LogP contribution in [0.3, 0.4) is 0 Å². The van der Waals surface area contributed by atoms with E-state index in [9.17, 15) is 0 Å². The molecule has 1 heterocycles. The summed E-state index contributed by atoms with van der Waals surface area (Å²) in [4.78, 5) is 6.67. The second-order valence-electron chi connectivity index (χ2n) is 4.21. The molecule has 100 valence electrons. The molecule has 0 fully saturated rings. The SMILES string of the molecule is CCN(Cc1ccccn1)c1cccc(Cl)c1CBr. The van der Waals surface area contributed by atoms with Gasteiger partial charge in [-0.05, 0) is 31.2 Å². The Morgan fingerprint density at radius 2 is 2.05 bits per heavy atom. The van der Waals surface area contributed by atoms with Gasteiger partial charge in [0.15, 0.2) is 0 Å². The molecule has 0 N–H and O–H groups in total. The van der Waals surface area contributed by atoms with Crippen molar-refractivity contribution < 1.29 is 0 Å². The number of alkyl halides is 1. The third kappa shape index (κ3) is 3.48. The summed E-state index contributed by atoms with van der Waals surface area (Å²) in [5, 5.41) is 1.55. The van der Waals surface area contributed by atoms with Crippen LogP contribution in [-0.4, -0.2) is 11.5 Å². The average molecular weight is 340 g/mol. The van der Waals surface area contributed by atoms with Gasteiger partial charge in [0.05, 0.1) is 12.2 Å². The van der Waals surface area contributed by atoms with Crippen molar-refractivity contribution in [2.24, 2.45) is 0 Å². The Kier molecular flexibility index (Phi) is 5.23. The Hall–Kier alpha value is -1.06. The van der Waals surface area contributed by atoms with Crippen molar-refractivity contribution >= 4 is 33.2 Å². The van der Waals surface area contributed by atoms with Crippen LogP contribution in [0.4, 0.5) is 5.69 Å². The standard InChI is InChI=1S/C15H16BrClN2/c1-2-19(11-12-6-3-4-9-18-12)15-8-5-7-14(17)13(15)10-16/h3-9H,2,10-11H2,1H3. The van der Waals surface area contributed by atoms with Gasteiger partial charge in [0.25, 0.3) is 0 Å². The van der Waals surface area contributed by atoms with Crippen LogP contribution in [0.2, 0.25) is 5.02 Å². The molecule has 2 rings (SSSR count).